The van der Waals surface area contributed by atoms with Gasteiger partial charge in [-0.05, 0) is 43.7 Å². The van der Waals surface area contributed by atoms with Crippen LogP contribution in [-0.4, -0.2) is 17.2 Å². The molecule has 2 saturated heterocycles. The van der Waals surface area contributed by atoms with E-state index in [0.717, 1.165) is 18.4 Å². The first-order chi connectivity index (χ1) is 7.67. The molecule has 2 fully saturated rings. The summed E-state index contributed by atoms with van der Waals surface area (Å²) in [5, 5.41) is 14.4. The van der Waals surface area contributed by atoms with E-state index in [4.69, 9.17) is 0 Å². The zero-order chi connectivity index (χ0) is 11.2. The van der Waals surface area contributed by atoms with Gasteiger partial charge in [-0.2, -0.15) is 0 Å². The van der Waals surface area contributed by atoms with Crippen molar-refractivity contribution in [3.05, 3.63) is 35.4 Å². The van der Waals surface area contributed by atoms with E-state index in [9.17, 15) is 5.11 Å². The van der Waals surface area contributed by atoms with Crippen LogP contribution in [0.5, 0.6) is 0 Å². The lowest BCUT2D eigenvalue weighted by Crippen LogP contribution is -2.46. The van der Waals surface area contributed by atoms with Crippen molar-refractivity contribution in [1.29, 1.82) is 0 Å². The van der Waals surface area contributed by atoms with E-state index in [1.807, 2.05) is 12.1 Å². The number of aliphatic hydroxyl groups is 1. The minimum atomic E-state index is -0.595. The number of aryl methyl sites for hydroxylation is 1. The van der Waals surface area contributed by atoms with Crippen molar-refractivity contribution in [2.45, 2.75) is 50.3 Å². The van der Waals surface area contributed by atoms with Gasteiger partial charge >= 0.3 is 0 Å². The Hall–Kier alpha value is -0.860. The molecule has 2 bridgehead atoms. The lowest BCUT2D eigenvalue weighted by Gasteiger charge is -2.38. The number of benzene rings is 1. The minimum absolute atomic E-state index is 0.517. The van der Waals surface area contributed by atoms with E-state index in [-0.39, 0.29) is 0 Å². The highest BCUT2D eigenvalue weighted by Gasteiger charge is 2.43. The molecule has 0 radical (unpaired) electrons. The number of rotatable bonds is 1. The molecule has 2 heterocycles. The van der Waals surface area contributed by atoms with Gasteiger partial charge in [-0.25, -0.2) is 0 Å². The fourth-order valence-corrected chi connectivity index (χ4v) is 3.44. The molecule has 1 aromatic carbocycles. The maximum atomic E-state index is 10.9. The molecule has 2 N–H and O–H groups in total. The van der Waals surface area contributed by atoms with Crippen molar-refractivity contribution >= 4 is 0 Å². The second-order valence-electron chi connectivity index (χ2n) is 5.39. The Morgan fingerprint density at radius 3 is 2.44 bits per heavy atom. The van der Waals surface area contributed by atoms with Crippen LogP contribution in [0.4, 0.5) is 0 Å². The van der Waals surface area contributed by atoms with E-state index >= 15 is 0 Å². The molecule has 16 heavy (non-hydrogen) atoms. The summed E-state index contributed by atoms with van der Waals surface area (Å²) in [6.45, 7) is 2.09. The van der Waals surface area contributed by atoms with E-state index < -0.39 is 5.60 Å². The quantitative estimate of drug-likeness (QED) is 0.755. The fourth-order valence-electron chi connectivity index (χ4n) is 3.44. The molecule has 3 rings (SSSR count). The summed E-state index contributed by atoms with van der Waals surface area (Å²) in [6.07, 6.45) is 4.18. The van der Waals surface area contributed by atoms with Gasteiger partial charge in [-0.15, -0.1) is 0 Å². The van der Waals surface area contributed by atoms with Crippen molar-refractivity contribution in [3.63, 3.8) is 0 Å². The molecule has 86 valence electrons. The minimum Gasteiger partial charge on any atom is -0.385 e. The van der Waals surface area contributed by atoms with Gasteiger partial charge in [0, 0.05) is 12.1 Å². The summed E-state index contributed by atoms with van der Waals surface area (Å²) in [4.78, 5) is 0. The average molecular weight is 217 g/mol. The Balaban J connectivity index is 1.96. The third-order valence-corrected chi connectivity index (χ3v) is 4.15. The molecule has 2 heteroatoms. The number of hydrogen-bond acceptors (Lipinski definition) is 2. The van der Waals surface area contributed by atoms with Gasteiger partial charge < -0.3 is 10.4 Å². The standard InChI is InChI=1S/C14H19NO/c1-10-4-2-3-5-13(10)14(16)8-11-6-7-12(9-14)15-11/h2-5,11-12,15-16H,6-9H2,1H3. The first-order valence-electron chi connectivity index (χ1n) is 6.22. The zero-order valence-corrected chi connectivity index (χ0v) is 9.74. The maximum Gasteiger partial charge on any atom is 0.0928 e. The molecular weight excluding hydrogens is 198 g/mol. The summed E-state index contributed by atoms with van der Waals surface area (Å²) in [5.74, 6) is 0. The van der Waals surface area contributed by atoms with Gasteiger partial charge in [0.1, 0.15) is 0 Å². The monoisotopic (exact) mass is 217 g/mol. The van der Waals surface area contributed by atoms with E-state index in [2.05, 4.69) is 24.4 Å². The first kappa shape index (κ1) is 10.3. The van der Waals surface area contributed by atoms with E-state index in [1.165, 1.54) is 18.4 Å². The Morgan fingerprint density at radius 2 is 1.81 bits per heavy atom. The summed E-state index contributed by atoms with van der Waals surface area (Å²) in [7, 11) is 0. The highest BCUT2D eigenvalue weighted by Crippen LogP contribution is 2.41. The highest BCUT2D eigenvalue weighted by atomic mass is 16.3. The fraction of sp³-hybridized carbons (Fsp3) is 0.571. The molecule has 2 atom stereocenters. The molecule has 2 nitrogen and oxygen atoms in total. The first-order valence-corrected chi connectivity index (χ1v) is 6.22. The molecule has 0 saturated carbocycles. The van der Waals surface area contributed by atoms with Crippen LogP contribution in [-0.2, 0) is 5.60 Å². The third kappa shape index (κ3) is 1.57. The zero-order valence-electron chi connectivity index (χ0n) is 9.74. The SMILES string of the molecule is Cc1ccccc1C1(O)CC2CCC(C1)N2. The maximum absolute atomic E-state index is 10.9. The van der Waals surface area contributed by atoms with Gasteiger partial charge in [0.2, 0.25) is 0 Å². The van der Waals surface area contributed by atoms with Gasteiger partial charge in [0.05, 0.1) is 5.60 Å². The summed E-state index contributed by atoms with van der Waals surface area (Å²) < 4.78 is 0. The molecule has 1 aromatic rings. The number of piperidine rings is 1. The van der Waals surface area contributed by atoms with E-state index in [1.54, 1.807) is 0 Å². The van der Waals surface area contributed by atoms with Gasteiger partial charge in [-0.1, -0.05) is 24.3 Å². The van der Waals surface area contributed by atoms with Crippen LogP contribution in [0.1, 0.15) is 36.8 Å². The molecule has 0 amide bonds. The largest absolute Gasteiger partial charge is 0.385 e. The van der Waals surface area contributed by atoms with Gasteiger partial charge in [-0.3, -0.25) is 0 Å². The van der Waals surface area contributed by atoms with Crippen LogP contribution in [0.15, 0.2) is 24.3 Å². The number of fused-ring (bicyclic) bond motifs is 2. The molecule has 0 aliphatic carbocycles. The van der Waals surface area contributed by atoms with Crippen LogP contribution < -0.4 is 5.32 Å². The lowest BCUT2D eigenvalue weighted by atomic mass is 9.80. The van der Waals surface area contributed by atoms with Crippen molar-refractivity contribution in [2.75, 3.05) is 0 Å². The molecule has 2 aliphatic heterocycles. The Kier molecular flexibility index (Phi) is 2.30. The summed E-state index contributed by atoms with van der Waals surface area (Å²) >= 11 is 0. The molecular formula is C14H19NO. The Labute approximate surface area is 96.7 Å². The molecule has 2 aliphatic rings. The lowest BCUT2D eigenvalue weighted by molar-refractivity contribution is -0.0119. The molecule has 0 spiro atoms. The topological polar surface area (TPSA) is 32.3 Å². The molecule has 0 aromatic heterocycles. The van der Waals surface area contributed by atoms with Crippen LogP contribution in [0.25, 0.3) is 0 Å². The van der Waals surface area contributed by atoms with Gasteiger partial charge in [0.25, 0.3) is 0 Å². The second kappa shape index (κ2) is 3.57. The van der Waals surface area contributed by atoms with E-state index in [0.29, 0.717) is 12.1 Å². The number of nitrogens with one attached hydrogen (secondary N) is 1. The van der Waals surface area contributed by atoms with Gasteiger partial charge in [0.15, 0.2) is 0 Å². The van der Waals surface area contributed by atoms with Crippen LogP contribution in [0.2, 0.25) is 0 Å². The highest BCUT2D eigenvalue weighted by molar-refractivity contribution is 5.32. The average Bonchev–Trinajstić information content (AvgIpc) is 2.59. The Morgan fingerprint density at radius 1 is 1.19 bits per heavy atom. The summed E-state index contributed by atoms with van der Waals surface area (Å²) in [5.41, 5.74) is 1.75. The van der Waals surface area contributed by atoms with Crippen molar-refractivity contribution < 1.29 is 5.11 Å². The Bertz CT molecular complexity index is 389. The van der Waals surface area contributed by atoms with Crippen molar-refractivity contribution in [2.24, 2.45) is 0 Å². The predicted molar refractivity (Wildman–Crippen MR) is 64.3 cm³/mol. The van der Waals surface area contributed by atoms with Crippen molar-refractivity contribution in [3.8, 4) is 0 Å². The van der Waals surface area contributed by atoms with Crippen molar-refractivity contribution in [1.82, 2.24) is 5.32 Å². The predicted octanol–water partition coefficient (Wildman–Crippen LogP) is 2.10. The normalized spacial score (nSPS) is 37.6. The smallest absolute Gasteiger partial charge is 0.0928 e. The third-order valence-electron chi connectivity index (χ3n) is 4.15. The summed E-state index contributed by atoms with van der Waals surface area (Å²) in [6, 6.07) is 9.28. The second-order valence-corrected chi connectivity index (χ2v) is 5.39. The van der Waals surface area contributed by atoms with Crippen LogP contribution in [0.3, 0.4) is 0 Å². The molecule has 2 unspecified atom stereocenters. The van der Waals surface area contributed by atoms with Crippen LogP contribution in [0, 0.1) is 6.92 Å². The number of hydrogen-bond donors (Lipinski definition) is 2. The van der Waals surface area contributed by atoms with Crippen LogP contribution >= 0.6 is 0 Å².